The number of halogens is 1. The molecule has 0 radical (unpaired) electrons. The fourth-order valence-corrected chi connectivity index (χ4v) is 3.19. The minimum absolute atomic E-state index is 0.151. The van der Waals surface area contributed by atoms with Gasteiger partial charge in [0.05, 0.1) is 6.54 Å². The second-order valence-corrected chi connectivity index (χ2v) is 7.28. The van der Waals surface area contributed by atoms with Gasteiger partial charge in [0.1, 0.15) is 0 Å². The van der Waals surface area contributed by atoms with Crippen molar-refractivity contribution in [2.75, 3.05) is 0 Å². The van der Waals surface area contributed by atoms with Crippen LogP contribution >= 0.6 is 27.3 Å². The molecule has 1 N–H and O–H groups in total. The quantitative estimate of drug-likeness (QED) is 0.888. The normalized spacial score (nSPS) is 12.0. The van der Waals surface area contributed by atoms with Crippen LogP contribution in [0.4, 0.5) is 0 Å². The van der Waals surface area contributed by atoms with E-state index in [-0.39, 0.29) is 5.54 Å². The van der Waals surface area contributed by atoms with Gasteiger partial charge in [-0.3, -0.25) is 0 Å². The average molecular weight is 327 g/mol. The molecule has 18 heavy (non-hydrogen) atoms. The summed E-state index contributed by atoms with van der Waals surface area (Å²) in [5.74, 6) is 0. The van der Waals surface area contributed by atoms with Crippen LogP contribution in [0, 0.1) is 0 Å². The van der Waals surface area contributed by atoms with E-state index in [2.05, 4.69) is 76.4 Å². The van der Waals surface area contributed by atoms with Crippen molar-refractivity contribution in [3.8, 4) is 0 Å². The van der Waals surface area contributed by atoms with Crippen LogP contribution in [0.5, 0.6) is 0 Å². The molecule has 0 fully saturated rings. The Morgan fingerprint density at radius 3 is 2.72 bits per heavy atom. The fourth-order valence-electron chi connectivity index (χ4n) is 1.71. The zero-order valence-electron chi connectivity index (χ0n) is 11.0. The number of hydrogen-bond donors (Lipinski definition) is 1. The topological polar surface area (TPSA) is 17.0 Å². The molecule has 0 spiro atoms. The van der Waals surface area contributed by atoms with Gasteiger partial charge in [-0.25, -0.2) is 0 Å². The summed E-state index contributed by atoms with van der Waals surface area (Å²) in [6.07, 6.45) is 2.14. The van der Waals surface area contributed by atoms with Crippen molar-refractivity contribution in [3.63, 3.8) is 0 Å². The van der Waals surface area contributed by atoms with E-state index >= 15 is 0 Å². The standard InChI is InChI=1S/C14H19BrN2S/c1-14(2,3)16-9-11-5-4-7-17(11)10-13-12(15)6-8-18-13/h4-8,16H,9-10H2,1-3H3. The zero-order valence-corrected chi connectivity index (χ0v) is 13.4. The van der Waals surface area contributed by atoms with Gasteiger partial charge in [-0.1, -0.05) is 0 Å². The molecule has 0 aliphatic rings. The van der Waals surface area contributed by atoms with Gasteiger partial charge in [0, 0.05) is 33.3 Å². The van der Waals surface area contributed by atoms with E-state index in [4.69, 9.17) is 0 Å². The molecular formula is C14H19BrN2S. The molecule has 98 valence electrons. The first-order valence-corrected chi connectivity index (χ1v) is 7.74. The molecule has 0 bridgehead atoms. The van der Waals surface area contributed by atoms with Crippen LogP contribution in [-0.2, 0) is 13.1 Å². The maximum atomic E-state index is 3.59. The molecule has 0 aliphatic carbocycles. The third kappa shape index (κ3) is 3.70. The molecule has 4 heteroatoms. The van der Waals surface area contributed by atoms with Crippen molar-refractivity contribution in [2.45, 2.75) is 39.4 Å². The maximum absolute atomic E-state index is 3.59. The van der Waals surface area contributed by atoms with Crippen molar-refractivity contribution in [2.24, 2.45) is 0 Å². The van der Waals surface area contributed by atoms with Crippen LogP contribution < -0.4 is 5.32 Å². The molecule has 0 aliphatic heterocycles. The molecule has 2 aromatic heterocycles. The second kappa shape index (κ2) is 5.59. The molecular weight excluding hydrogens is 308 g/mol. The first kappa shape index (κ1) is 13.8. The van der Waals surface area contributed by atoms with E-state index < -0.39 is 0 Å². The molecule has 2 aromatic rings. The third-order valence-electron chi connectivity index (χ3n) is 2.73. The summed E-state index contributed by atoms with van der Waals surface area (Å²) in [5.41, 5.74) is 1.48. The summed E-state index contributed by atoms with van der Waals surface area (Å²) in [4.78, 5) is 1.36. The lowest BCUT2D eigenvalue weighted by molar-refractivity contribution is 0.417. The first-order chi connectivity index (χ1) is 8.46. The molecule has 2 heterocycles. The predicted molar refractivity (Wildman–Crippen MR) is 82.1 cm³/mol. The SMILES string of the molecule is CC(C)(C)NCc1cccn1Cc1sccc1Br. The molecule has 0 saturated heterocycles. The van der Waals surface area contributed by atoms with Crippen molar-refractivity contribution >= 4 is 27.3 Å². The monoisotopic (exact) mass is 326 g/mol. The number of hydrogen-bond acceptors (Lipinski definition) is 2. The van der Waals surface area contributed by atoms with E-state index in [1.807, 2.05) is 0 Å². The van der Waals surface area contributed by atoms with Crippen LogP contribution in [0.1, 0.15) is 31.3 Å². The number of thiophene rings is 1. The van der Waals surface area contributed by atoms with Crippen molar-refractivity contribution in [1.82, 2.24) is 9.88 Å². The van der Waals surface area contributed by atoms with E-state index in [9.17, 15) is 0 Å². The van der Waals surface area contributed by atoms with Crippen molar-refractivity contribution in [1.29, 1.82) is 0 Å². The fraction of sp³-hybridized carbons (Fsp3) is 0.429. The molecule has 0 atom stereocenters. The van der Waals surface area contributed by atoms with E-state index in [0.717, 1.165) is 13.1 Å². The summed E-state index contributed by atoms with van der Waals surface area (Å²) in [5, 5.41) is 5.65. The Labute approximate surface area is 121 Å². The van der Waals surface area contributed by atoms with Gasteiger partial charge < -0.3 is 9.88 Å². The van der Waals surface area contributed by atoms with Crippen LogP contribution in [0.3, 0.4) is 0 Å². The van der Waals surface area contributed by atoms with Gasteiger partial charge in [-0.2, -0.15) is 0 Å². The highest BCUT2D eigenvalue weighted by molar-refractivity contribution is 9.10. The van der Waals surface area contributed by atoms with Gasteiger partial charge >= 0.3 is 0 Å². The van der Waals surface area contributed by atoms with Crippen LogP contribution in [0.2, 0.25) is 0 Å². The summed E-state index contributed by atoms with van der Waals surface area (Å²) in [7, 11) is 0. The zero-order chi connectivity index (χ0) is 13.2. The summed E-state index contributed by atoms with van der Waals surface area (Å²) < 4.78 is 3.51. The Morgan fingerprint density at radius 2 is 2.11 bits per heavy atom. The number of rotatable bonds is 4. The molecule has 0 unspecified atom stereocenters. The van der Waals surface area contributed by atoms with Gasteiger partial charge in [0.25, 0.3) is 0 Å². The minimum Gasteiger partial charge on any atom is -0.345 e. The average Bonchev–Trinajstić information content (AvgIpc) is 2.86. The second-order valence-electron chi connectivity index (χ2n) is 5.42. The van der Waals surface area contributed by atoms with E-state index in [1.165, 1.54) is 15.0 Å². The Balaban J connectivity index is 2.06. The number of nitrogens with one attached hydrogen (secondary N) is 1. The molecule has 0 aromatic carbocycles. The van der Waals surface area contributed by atoms with Crippen LogP contribution in [0.25, 0.3) is 0 Å². The van der Waals surface area contributed by atoms with Crippen molar-refractivity contribution < 1.29 is 0 Å². The summed E-state index contributed by atoms with van der Waals surface area (Å²) in [6.45, 7) is 8.41. The summed E-state index contributed by atoms with van der Waals surface area (Å²) in [6, 6.07) is 6.40. The van der Waals surface area contributed by atoms with Gasteiger partial charge in [-0.05, 0) is 60.3 Å². The molecule has 2 rings (SSSR count). The predicted octanol–water partition coefficient (Wildman–Crippen LogP) is 4.25. The molecule has 0 saturated carbocycles. The largest absolute Gasteiger partial charge is 0.345 e. The highest BCUT2D eigenvalue weighted by Crippen LogP contribution is 2.24. The Hall–Kier alpha value is -0.580. The van der Waals surface area contributed by atoms with Gasteiger partial charge in [-0.15, -0.1) is 11.3 Å². The lowest BCUT2D eigenvalue weighted by Gasteiger charge is -2.21. The van der Waals surface area contributed by atoms with Crippen LogP contribution in [-0.4, -0.2) is 10.1 Å². The Morgan fingerprint density at radius 1 is 1.33 bits per heavy atom. The summed E-state index contributed by atoms with van der Waals surface area (Å²) >= 11 is 5.38. The molecule has 0 amide bonds. The minimum atomic E-state index is 0.151. The third-order valence-corrected chi connectivity index (χ3v) is 4.64. The van der Waals surface area contributed by atoms with E-state index in [1.54, 1.807) is 11.3 Å². The van der Waals surface area contributed by atoms with Gasteiger partial charge in [0.15, 0.2) is 0 Å². The first-order valence-electron chi connectivity index (χ1n) is 6.06. The van der Waals surface area contributed by atoms with E-state index in [0.29, 0.717) is 0 Å². The Kier molecular flexibility index (Phi) is 4.30. The highest BCUT2D eigenvalue weighted by Gasteiger charge is 2.11. The number of aromatic nitrogens is 1. The molecule has 2 nitrogen and oxygen atoms in total. The highest BCUT2D eigenvalue weighted by atomic mass is 79.9. The van der Waals surface area contributed by atoms with Crippen LogP contribution in [0.15, 0.2) is 34.2 Å². The maximum Gasteiger partial charge on any atom is 0.0578 e. The van der Waals surface area contributed by atoms with Gasteiger partial charge in [0.2, 0.25) is 0 Å². The smallest absolute Gasteiger partial charge is 0.0578 e. The lowest BCUT2D eigenvalue weighted by Crippen LogP contribution is -2.35. The number of nitrogens with zero attached hydrogens (tertiary/aromatic N) is 1. The lowest BCUT2D eigenvalue weighted by atomic mass is 10.1. The Bertz CT molecular complexity index is 508. The van der Waals surface area contributed by atoms with Crippen molar-refractivity contribution in [3.05, 3.63) is 44.8 Å².